The van der Waals surface area contributed by atoms with Crippen molar-refractivity contribution in [2.24, 2.45) is 0 Å². The second-order valence-corrected chi connectivity index (χ2v) is 10.8. The fraction of sp³-hybridized carbons (Fsp3) is 0.321. The van der Waals surface area contributed by atoms with E-state index in [0.717, 1.165) is 17.7 Å². The van der Waals surface area contributed by atoms with Crippen LogP contribution in [0.15, 0.2) is 83.8 Å². The first-order valence-electron chi connectivity index (χ1n) is 12.6. The average Bonchev–Trinajstić information content (AvgIpc) is 2.93. The summed E-state index contributed by atoms with van der Waals surface area (Å²) in [5.74, 6) is 0.143. The third-order valence-electron chi connectivity index (χ3n) is 6.45. The van der Waals surface area contributed by atoms with Crippen LogP contribution in [-0.4, -0.2) is 58.1 Å². The van der Waals surface area contributed by atoms with Crippen LogP contribution in [0.5, 0.6) is 5.75 Å². The van der Waals surface area contributed by atoms with Gasteiger partial charge in [0.1, 0.15) is 11.8 Å². The van der Waals surface area contributed by atoms with E-state index in [-0.39, 0.29) is 24.4 Å². The number of halogens is 3. The van der Waals surface area contributed by atoms with Crippen molar-refractivity contribution in [3.05, 3.63) is 90.0 Å². The minimum absolute atomic E-state index is 0.00572. The Hall–Kier alpha value is -3.57. The van der Waals surface area contributed by atoms with Crippen LogP contribution in [0.2, 0.25) is 0 Å². The number of nitrogens with one attached hydrogen (secondary N) is 1. The van der Waals surface area contributed by atoms with Gasteiger partial charge in [-0.05, 0) is 61.4 Å². The molecular formula is C28H30F3N3O4S. The second-order valence-electron chi connectivity index (χ2n) is 9.13. The van der Waals surface area contributed by atoms with Gasteiger partial charge in [-0.3, -0.25) is 4.79 Å². The van der Waals surface area contributed by atoms with Gasteiger partial charge in [0.15, 0.2) is 0 Å². The van der Waals surface area contributed by atoms with Crippen molar-refractivity contribution in [1.82, 2.24) is 9.62 Å². The third-order valence-corrected chi connectivity index (χ3v) is 7.94. The van der Waals surface area contributed by atoms with Crippen LogP contribution < -0.4 is 14.4 Å². The molecule has 0 saturated carbocycles. The fourth-order valence-electron chi connectivity index (χ4n) is 4.45. The van der Waals surface area contributed by atoms with Gasteiger partial charge in [0.25, 0.3) is 0 Å². The van der Waals surface area contributed by atoms with Gasteiger partial charge in [-0.1, -0.05) is 36.4 Å². The quantitative estimate of drug-likeness (QED) is 0.421. The van der Waals surface area contributed by atoms with E-state index in [9.17, 15) is 26.4 Å². The Labute approximate surface area is 226 Å². The average molecular weight is 562 g/mol. The lowest BCUT2D eigenvalue weighted by atomic mass is 10.1. The Kier molecular flexibility index (Phi) is 8.81. The standard InChI is InChI=1S/C28H30F3N3O4S/c1-2-38-24-11-13-25(14-12-24)39(36,37)32-26(19-21-7-4-3-5-8-21)27(35)34-17-15-33(16-18-34)23-10-6-9-22(20-23)28(29,30)31/h3-14,20,26,32H,2,15-19H2,1H3/t26-/m0/s1. The first kappa shape index (κ1) is 28.4. The summed E-state index contributed by atoms with van der Waals surface area (Å²) in [6, 6.07) is 19.1. The molecule has 3 aromatic carbocycles. The minimum atomic E-state index is -4.45. The molecule has 1 fully saturated rings. The van der Waals surface area contributed by atoms with Crippen LogP contribution in [0.3, 0.4) is 0 Å². The first-order chi connectivity index (χ1) is 18.6. The summed E-state index contributed by atoms with van der Waals surface area (Å²) in [6.07, 6.45) is -4.30. The number of sulfonamides is 1. The molecule has 0 aromatic heterocycles. The Morgan fingerprint density at radius 3 is 2.23 bits per heavy atom. The predicted molar refractivity (Wildman–Crippen MR) is 142 cm³/mol. The number of alkyl halides is 3. The number of anilines is 1. The molecule has 1 atom stereocenters. The summed E-state index contributed by atoms with van der Waals surface area (Å²) in [6.45, 7) is 3.38. The number of ether oxygens (including phenoxy) is 1. The minimum Gasteiger partial charge on any atom is -0.494 e. The monoisotopic (exact) mass is 561 g/mol. The molecule has 1 aliphatic heterocycles. The van der Waals surface area contributed by atoms with E-state index < -0.39 is 33.7 Å². The van der Waals surface area contributed by atoms with Crippen molar-refractivity contribution in [3.63, 3.8) is 0 Å². The van der Waals surface area contributed by atoms with Gasteiger partial charge in [0, 0.05) is 31.9 Å². The maximum atomic E-state index is 13.6. The summed E-state index contributed by atoms with van der Waals surface area (Å²) in [7, 11) is -4.04. The Morgan fingerprint density at radius 2 is 1.62 bits per heavy atom. The highest BCUT2D eigenvalue weighted by molar-refractivity contribution is 7.89. The zero-order chi connectivity index (χ0) is 28.0. The van der Waals surface area contributed by atoms with Gasteiger partial charge in [0.05, 0.1) is 17.1 Å². The lowest BCUT2D eigenvalue weighted by Crippen LogP contribution is -2.55. The fourth-order valence-corrected chi connectivity index (χ4v) is 5.64. The lowest BCUT2D eigenvalue weighted by Gasteiger charge is -2.38. The van der Waals surface area contributed by atoms with Crippen molar-refractivity contribution in [1.29, 1.82) is 0 Å². The van der Waals surface area contributed by atoms with Crippen LogP contribution in [0.1, 0.15) is 18.1 Å². The normalized spacial score (nSPS) is 15.2. The smallest absolute Gasteiger partial charge is 0.416 e. The SMILES string of the molecule is CCOc1ccc(S(=O)(=O)N[C@@H](Cc2ccccc2)C(=O)N2CCN(c3cccc(C(F)(F)F)c3)CC2)cc1. The van der Waals surface area contributed by atoms with Crippen molar-refractivity contribution in [2.75, 3.05) is 37.7 Å². The number of hydrogen-bond donors (Lipinski definition) is 1. The number of nitrogens with zero attached hydrogens (tertiary/aromatic N) is 2. The summed E-state index contributed by atoms with van der Waals surface area (Å²) >= 11 is 0. The Bertz CT molecular complexity index is 1360. The maximum Gasteiger partial charge on any atom is 0.416 e. The molecule has 11 heteroatoms. The highest BCUT2D eigenvalue weighted by Gasteiger charge is 2.33. The van der Waals surface area contributed by atoms with Crippen LogP contribution in [0.25, 0.3) is 0 Å². The molecule has 0 spiro atoms. The number of rotatable bonds is 9. The molecule has 1 heterocycles. The second kappa shape index (κ2) is 12.1. The lowest BCUT2D eigenvalue weighted by molar-refractivity contribution is -0.137. The van der Waals surface area contributed by atoms with Crippen molar-refractivity contribution < 1.29 is 31.1 Å². The van der Waals surface area contributed by atoms with Crippen molar-refractivity contribution in [3.8, 4) is 5.75 Å². The largest absolute Gasteiger partial charge is 0.494 e. The molecule has 1 saturated heterocycles. The van der Waals surface area contributed by atoms with E-state index in [0.29, 0.717) is 31.1 Å². The molecule has 0 unspecified atom stereocenters. The molecule has 208 valence electrons. The molecule has 3 aromatic rings. The van der Waals surface area contributed by atoms with E-state index >= 15 is 0 Å². The topological polar surface area (TPSA) is 78.9 Å². The number of hydrogen-bond acceptors (Lipinski definition) is 5. The van der Waals surface area contributed by atoms with E-state index in [2.05, 4.69) is 4.72 Å². The molecule has 1 N–H and O–H groups in total. The highest BCUT2D eigenvalue weighted by atomic mass is 32.2. The van der Waals surface area contributed by atoms with E-state index in [1.54, 1.807) is 28.0 Å². The molecule has 1 amide bonds. The van der Waals surface area contributed by atoms with Gasteiger partial charge in [-0.15, -0.1) is 0 Å². The zero-order valence-electron chi connectivity index (χ0n) is 21.4. The molecular weight excluding hydrogens is 531 g/mol. The van der Waals surface area contributed by atoms with E-state index in [1.807, 2.05) is 37.3 Å². The number of piperazine rings is 1. The third kappa shape index (κ3) is 7.30. The molecule has 4 rings (SSSR count). The molecule has 7 nitrogen and oxygen atoms in total. The van der Waals surface area contributed by atoms with Gasteiger partial charge in [0.2, 0.25) is 15.9 Å². The predicted octanol–water partition coefficient (Wildman–Crippen LogP) is 4.34. The number of amides is 1. The number of carbonyl (C=O) groups is 1. The molecule has 39 heavy (non-hydrogen) atoms. The highest BCUT2D eigenvalue weighted by Crippen LogP contribution is 2.32. The van der Waals surface area contributed by atoms with E-state index in [4.69, 9.17) is 4.74 Å². The zero-order valence-corrected chi connectivity index (χ0v) is 22.2. The van der Waals surface area contributed by atoms with Crippen LogP contribution in [-0.2, 0) is 27.4 Å². The van der Waals surface area contributed by atoms with Crippen molar-refractivity contribution >= 4 is 21.6 Å². The summed E-state index contributed by atoms with van der Waals surface area (Å²) in [5, 5.41) is 0. The summed E-state index contributed by atoms with van der Waals surface area (Å²) in [4.78, 5) is 16.9. The van der Waals surface area contributed by atoms with Gasteiger partial charge >= 0.3 is 6.18 Å². The van der Waals surface area contributed by atoms with Crippen molar-refractivity contribution in [2.45, 2.75) is 30.5 Å². The van der Waals surface area contributed by atoms with Crippen LogP contribution >= 0.6 is 0 Å². The van der Waals surface area contributed by atoms with Crippen LogP contribution in [0.4, 0.5) is 18.9 Å². The summed E-state index contributed by atoms with van der Waals surface area (Å²) in [5.41, 5.74) is 0.479. The van der Waals surface area contributed by atoms with Gasteiger partial charge < -0.3 is 14.5 Å². The molecule has 1 aliphatic rings. The summed E-state index contributed by atoms with van der Waals surface area (Å²) < 4.78 is 73.8. The first-order valence-corrected chi connectivity index (χ1v) is 14.1. The number of carbonyl (C=O) groups excluding carboxylic acids is 1. The Balaban J connectivity index is 1.49. The van der Waals surface area contributed by atoms with Gasteiger partial charge in [-0.25, -0.2) is 8.42 Å². The molecule has 0 radical (unpaired) electrons. The molecule has 0 bridgehead atoms. The molecule has 0 aliphatic carbocycles. The van der Waals surface area contributed by atoms with E-state index in [1.165, 1.54) is 18.2 Å². The Morgan fingerprint density at radius 1 is 0.949 bits per heavy atom. The van der Waals surface area contributed by atoms with Crippen LogP contribution in [0, 0.1) is 0 Å². The van der Waals surface area contributed by atoms with Gasteiger partial charge in [-0.2, -0.15) is 17.9 Å². The maximum absolute atomic E-state index is 13.6. The number of benzene rings is 3.